The van der Waals surface area contributed by atoms with Gasteiger partial charge in [-0.05, 0) is 12.1 Å². The molecule has 0 aliphatic carbocycles. The fourth-order valence-corrected chi connectivity index (χ4v) is 2.57. The average Bonchev–Trinajstić information content (AvgIpc) is 2.79. The van der Waals surface area contributed by atoms with Crippen LogP contribution in [-0.4, -0.2) is 22.5 Å². The van der Waals surface area contributed by atoms with Gasteiger partial charge in [-0.3, -0.25) is 0 Å². The molecule has 0 bridgehead atoms. The fourth-order valence-electron chi connectivity index (χ4n) is 1.15. The lowest BCUT2D eigenvalue weighted by Gasteiger charge is -2.05. The number of nitrogens with one attached hydrogen (secondary N) is 1. The number of hydrogen-bond acceptors (Lipinski definition) is 5. The monoisotopic (exact) mass is 255 g/mol. The first-order chi connectivity index (χ1) is 7.86. The third kappa shape index (κ3) is 3.18. The van der Waals surface area contributed by atoms with Crippen molar-refractivity contribution < 1.29 is 4.39 Å². The van der Waals surface area contributed by atoms with Crippen LogP contribution in [0.5, 0.6) is 0 Å². The molecule has 0 spiro atoms. The van der Waals surface area contributed by atoms with E-state index in [0.717, 1.165) is 10.1 Å². The van der Waals surface area contributed by atoms with E-state index in [1.165, 1.54) is 17.4 Å². The first-order valence-corrected chi connectivity index (χ1v) is 6.60. The molecule has 0 fully saturated rings. The van der Waals surface area contributed by atoms with Gasteiger partial charge >= 0.3 is 0 Å². The Hall–Kier alpha value is -1.14. The van der Waals surface area contributed by atoms with Crippen LogP contribution in [0.2, 0.25) is 0 Å². The van der Waals surface area contributed by atoms with Gasteiger partial charge in [0.1, 0.15) is 11.3 Å². The minimum Gasteiger partial charge on any atom is -0.382 e. The van der Waals surface area contributed by atoms with Crippen LogP contribution in [0.1, 0.15) is 0 Å². The van der Waals surface area contributed by atoms with Crippen LogP contribution in [0, 0.1) is 5.82 Å². The molecule has 0 atom stereocenters. The molecule has 1 heterocycles. The summed E-state index contributed by atoms with van der Waals surface area (Å²) in [6, 6.07) is 6.66. The molecule has 0 radical (unpaired) electrons. The van der Waals surface area contributed by atoms with Crippen LogP contribution in [0.4, 0.5) is 10.1 Å². The highest BCUT2D eigenvalue weighted by molar-refractivity contribution is 8.01. The van der Waals surface area contributed by atoms with Gasteiger partial charge in [-0.1, -0.05) is 35.2 Å². The van der Waals surface area contributed by atoms with E-state index in [0.29, 0.717) is 12.2 Å². The molecule has 2 aromatic rings. The maximum Gasteiger partial charge on any atom is 0.174 e. The van der Waals surface area contributed by atoms with Crippen molar-refractivity contribution in [2.24, 2.45) is 0 Å². The smallest absolute Gasteiger partial charge is 0.174 e. The number of hydrogen-bond donors (Lipinski definition) is 1. The molecule has 1 aromatic carbocycles. The van der Waals surface area contributed by atoms with E-state index in [1.54, 1.807) is 29.4 Å². The minimum absolute atomic E-state index is 0.219. The Morgan fingerprint density at radius 2 is 2.25 bits per heavy atom. The maximum absolute atomic E-state index is 13.2. The predicted molar refractivity (Wildman–Crippen MR) is 65.5 cm³/mol. The van der Waals surface area contributed by atoms with Crippen molar-refractivity contribution in [1.82, 2.24) is 10.2 Å². The number of anilines is 1. The van der Waals surface area contributed by atoms with Gasteiger partial charge in [-0.15, -0.1) is 10.2 Å². The molecule has 3 nitrogen and oxygen atoms in total. The summed E-state index contributed by atoms with van der Waals surface area (Å²) in [7, 11) is 0. The van der Waals surface area contributed by atoms with Crippen LogP contribution in [0.3, 0.4) is 0 Å². The highest BCUT2D eigenvalue weighted by atomic mass is 32.2. The van der Waals surface area contributed by atoms with Crippen molar-refractivity contribution in [3.63, 3.8) is 0 Å². The standard InChI is InChI=1S/C10H10FN3S2/c11-8-3-1-2-4-9(8)12-5-6-15-10-14-13-7-16-10/h1-4,7,12H,5-6H2. The number of aromatic nitrogens is 2. The predicted octanol–water partition coefficient (Wildman–Crippen LogP) is 2.88. The lowest BCUT2D eigenvalue weighted by molar-refractivity contribution is 0.630. The van der Waals surface area contributed by atoms with Crippen LogP contribution in [0.15, 0.2) is 34.1 Å². The van der Waals surface area contributed by atoms with Gasteiger partial charge in [0.25, 0.3) is 0 Å². The Morgan fingerprint density at radius 1 is 1.38 bits per heavy atom. The summed E-state index contributed by atoms with van der Waals surface area (Å²) in [5.41, 5.74) is 2.24. The summed E-state index contributed by atoms with van der Waals surface area (Å²) in [5, 5.41) is 10.7. The highest BCUT2D eigenvalue weighted by Crippen LogP contribution is 2.19. The fraction of sp³-hybridized carbons (Fsp3) is 0.200. The number of halogens is 1. The molecule has 6 heteroatoms. The van der Waals surface area contributed by atoms with Gasteiger partial charge in [-0.2, -0.15) is 0 Å². The van der Waals surface area contributed by atoms with E-state index >= 15 is 0 Å². The van der Waals surface area contributed by atoms with Gasteiger partial charge in [0.05, 0.1) is 5.69 Å². The first-order valence-electron chi connectivity index (χ1n) is 4.73. The largest absolute Gasteiger partial charge is 0.382 e. The summed E-state index contributed by atoms with van der Waals surface area (Å²) >= 11 is 3.12. The maximum atomic E-state index is 13.2. The van der Waals surface area contributed by atoms with Gasteiger partial charge < -0.3 is 5.32 Å². The zero-order valence-corrected chi connectivity index (χ0v) is 10.0. The van der Waals surface area contributed by atoms with Crippen molar-refractivity contribution in [3.05, 3.63) is 35.6 Å². The van der Waals surface area contributed by atoms with Crippen molar-refractivity contribution >= 4 is 28.8 Å². The number of nitrogens with zero attached hydrogens (tertiary/aromatic N) is 2. The summed E-state index contributed by atoms with van der Waals surface area (Å²) in [6.07, 6.45) is 0. The van der Waals surface area contributed by atoms with Gasteiger partial charge in [-0.25, -0.2) is 4.39 Å². The lowest BCUT2D eigenvalue weighted by atomic mass is 10.3. The van der Waals surface area contributed by atoms with Crippen LogP contribution >= 0.6 is 23.1 Å². The van der Waals surface area contributed by atoms with Gasteiger partial charge in [0, 0.05) is 12.3 Å². The second-order valence-corrected chi connectivity index (χ2v) is 5.13. The zero-order chi connectivity index (χ0) is 11.2. The van der Waals surface area contributed by atoms with Crippen molar-refractivity contribution in [2.75, 3.05) is 17.6 Å². The molecule has 16 heavy (non-hydrogen) atoms. The Morgan fingerprint density at radius 3 is 3.00 bits per heavy atom. The third-order valence-corrected chi connectivity index (χ3v) is 3.72. The SMILES string of the molecule is Fc1ccccc1NCCSc1nncs1. The third-order valence-electron chi connectivity index (χ3n) is 1.86. The molecule has 2 rings (SSSR count). The second kappa shape index (κ2) is 5.81. The summed E-state index contributed by atoms with van der Waals surface area (Å²) in [6.45, 7) is 0.700. The average molecular weight is 255 g/mol. The molecule has 0 saturated carbocycles. The van der Waals surface area contributed by atoms with Crippen LogP contribution in [-0.2, 0) is 0 Å². The van der Waals surface area contributed by atoms with Crippen molar-refractivity contribution in [1.29, 1.82) is 0 Å². The molecular weight excluding hydrogens is 245 g/mol. The van der Waals surface area contributed by atoms with E-state index in [-0.39, 0.29) is 5.82 Å². The van der Waals surface area contributed by atoms with Crippen molar-refractivity contribution in [2.45, 2.75) is 4.34 Å². The molecule has 84 valence electrons. The molecule has 0 saturated heterocycles. The number of rotatable bonds is 5. The number of thioether (sulfide) groups is 1. The Bertz CT molecular complexity index is 433. The summed E-state index contributed by atoms with van der Waals surface area (Å²) in [5.74, 6) is 0.618. The second-order valence-electron chi connectivity index (χ2n) is 2.96. The normalized spacial score (nSPS) is 10.3. The van der Waals surface area contributed by atoms with E-state index in [1.807, 2.05) is 6.07 Å². The molecule has 0 unspecified atom stereocenters. The topological polar surface area (TPSA) is 37.8 Å². The van der Waals surface area contributed by atoms with E-state index in [4.69, 9.17) is 0 Å². The zero-order valence-electron chi connectivity index (χ0n) is 8.39. The Kier molecular flexibility index (Phi) is 4.12. The molecule has 0 amide bonds. The molecule has 1 aromatic heterocycles. The van der Waals surface area contributed by atoms with E-state index in [9.17, 15) is 4.39 Å². The summed E-state index contributed by atoms with van der Waals surface area (Å²) in [4.78, 5) is 0. The number of para-hydroxylation sites is 1. The number of benzene rings is 1. The highest BCUT2D eigenvalue weighted by Gasteiger charge is 2.00. The van der Waals surface area contributed by atoms with Gasteiger partial charge in [0.15, 0.2) is 4.34 Å². The quantitative estimate of drug-likeness (QED) is 0.658. The molecular formula is C10H10FN3S2. The molecule has 0 aliphatic rings. The Labute approximate surface area is 101 Å². The van der Waals surface area contributed by atoms with E-state index < -0.39 is 0 Å². The first kappa shape index (κ1) is 11.3. The summed E-state index contributed by atoms with van der Waals surface area (Å²) < 4.78 is 14.1. The minimum atomic E-state index is -0.219. The van der Waals surface area contributed by atoms with Gasteiger partial charge in [0.2, 0.25) is 0 Å². The van der Waals surface area contributed by atoms with Crippen molar-refractivity contribution in [3.8, 4) is 0 Å². The van der Waals surface area contributed by atoms with Crippen LogP contribution in [0.25, 0.3) is 0 Å². The van der Waals surface area contributed by atoms with Crippen LogP contribution < -0.4 is 5.32 Å². The molecule has 0 aliphatic heterocycles. The lowest BCUT2D eigenvalue weighted by Crippen LogP contribution is -2.05. The Balaban J connectivity index is 1.74. The van der Waals surface area contributed by atoms with E-state index in [2.05, 4.69) is 15.5 Å². The molecule has 1 N–H and O–H groups in total.